The zero-order valence-electron chi connectivity index (χ0n) is 11.2. The zero-order valence-corrected chi connectivity index (χ0v) is 11.2. The Kier molecular flexibility index (Phi) is 8.74. The highest BCUT2D eigenvalue weighted by molar-refractivity contribution is 5.63. The van der Waals surface area contributed by atoms with Crippen molar-refractivity contribution in [1.82, 2.24) is 0 Å². The van der Waals surface area contributed by atoms with Gasteiger partial charge in [0.15, 0.2) is 0 Å². The summed E-state index contributed by atoms with van der Waals surface area (Å²) in [6.07, 6.45) is 11.7. The van der Waals surface area contributed by atoms with Crippen molar-refractivity contribution in [3.8, 4) is 0 Å². The van der Waals surface area contributed by atoms with Crippen LogP contribution in [0.15, 0.2) is 4.99 Å². The van der Waals surface area contributed by atoms with Gasteiger partial charge in [0.2, 0.25) is 0 Å². The van der Waals surface area contributed by atoms with Gasteiger partial charge in [-0.3, -0.25) is 4.99 Å². The van der Waals surface area contributed by atoms with E-state index in [1.54, 1.807) is 0 Å². The molecule has 0 fully saturated rings. The van der Waals surface area contributed by atoms with Crippen molar-refractivity contribution in [3.63, 3.8) is 0 Å². The molecule has 0 radical (unpaired) electrons. The number of hydrogen-bond donors (Lipinski definition) is 0. The Morgan fingerprint density at radius 2 is 1.40 bits per heavy atom. The third kappa shape index (κ3) is 13.7. The molecule has 0 aliphatic rings. The summed E-state index contributed by atoms with van der Waals surface area (Å²) in [4.78, 5) is 4.45. The van der Waals surface area contributed by atoms with Crippen LogP contribution in [0.1, 0.15) is 72.6 Å². The van der Waals surface area contributed by atoms with Crippen LogP contribution in [0.2, 0.25) is 0 Å². The molecule has 0 heterocycles. The summed E-state index contributed by atoms with van der Waals surface area (Å²) in [6.45, 7) is 9.87. The van der Waals surface area contributed by atoms with Crippen molar-refractivity contribution >= 4 is 6.21 Å². The summed E-state index contributed by atoms with van der Waals surface area (Å²) in [5.74, 6) is 0. The van der Waals surface area contributed by atoms with Gasteiger partial charge >= 0.3 is 0 Å². The highest BCUT2D eigenvalue weighted by Crippen LogP contribution is 2.09. The Morgan fingerprint density at radius 3 is 1.93 bits per heavy atom. The fourth-order valence-corrected chi connectivity index (χ4v) is 1.50. The van der Waals surface area contributed by atoms with Crippen molar-refractivity contribution in [2.75, 3.05) is 6.54 Å². The molecule has 0 aliphatic heterocycles. The van der Waals surface area contributed by atoms with E-state index < -0.39 is 0 Å². The molecule has 1 heteroatoms. The molecule has 0 saturated heterocycles. The van der Waals surface area contributed by atoms with E-state index in [4.69, 9.17) is 0 Å². The first-order chi connectivity index (χ1) is 7.06. The summed E-state index contributed by atoms with van der Waals surface area (Å²) in [5, 5.41) is 0. The minimum Gasteiger partial charge on any atom is -0.297 e. The minimum atomic E-state index is 0.251. The van der Waals surface area contributed by atoms with Crippen LogP contribution in [0.25, 0.3) is 0 Å². The fraction of sp³-hybridized carbons (Fsp3) is 0.929. The van der Waals surface area contributed by atoms with E-state index in [2.05, 4.69) is 38.9 Å². The quantitative estimate of drug-likeness (QED) is 0.402. The maximum atomic E-state index is 4.45. The molecule has 0 aromatic carbocycles. The number of aliphatic imine (C=N–C) groups is 1. The normalized spacial score (nSPS) is 12.5. The fourth-order valence-electron chi connectivity index (χ4n) is 1.50. The van der Waals surface area contributed by atoms with Gasteiger partial charge in [-0.1, -0.05) is 66.2 Å². The van der Waals surface area contributed by atoms with Crippen LogP contribution in [-0.2, 0) is 0 Å². The maximum absolute atomic E-state index is 4.45. The third-order valence-electron chi connectivity index (χ3n) is 2.37. The second kappa shape index (κ2) is 8.94. The van der Waals surface area contributed by atoms with Gasteiger partial charge in [-0.2, -0.15) is 0 Å². The highest BCUT2D eigenvalue weighted by Gasteiger charge is 2.03. The molecule has 0 rings (SSSR count). The van der Waals surface area contributed by atoms with E-state index in [9.17, 15) is 0 Å². The van der Waals surface area contributed by atoms with Gasteiger partial charge in [0.05, 0.1) is 0 Å². The lowest BCUT2D eigenvalue weighted by Gasteiger charge is -2.09. The van der Waals surface area contributed by atoms with Crippen LogP contribution in [0.3, 0.4) is 0 Å². The number of hydrogen-bond acceptors (Lipinski definition) is 1. The van der Waals surface area contributed by atoms with E-state index in [0.29, 0.717) is 0 Å². The Morgan fingerprint density at radius 1 is 0.867 bits per heavy atom. The molecule has 0 N–H and O–H groups in total. The molecule has 0 saturated carbocycles. The third-order valence-corrected chi connectivity index (χ3v) is 2.37. The largest absolute Gasteiger partial charge is 0.297 e. The van der Waals surface area contributed by atoms with Crippen LogP contribution in [0, 0.1) is 5.41 Å². The summed E-state index contributed by atoms with van der Waals surface area (Å²) in [7, 11) is 0. The SMILES string of the molecule is CCCCCCCCCN=CC(C)(C)C. The van der Waals surface area contributed by atoms with E-state index in [1.165, 1.54) is 44.9 Å². The Hall–Kier alpha value is -0.330. The summed E-state index contributed by atoms with van der Waals surface area (Å²) in [5.41, 5.74) is 0.251. The van der Waals surface area contributed by atoms with E-state index >= 15 is 0 Å². The summed E-state index contributed by atoms with van der Waals surface area (Å²) >= 11 is 0. The molecule has 0 aliphatic carbocycles. The van der Waals surface area contributed by atoms with Crippen LogP contribution < -0.4 is 0 Å². The Balaban J connectivity index is 3.15. The maximum Gasteiger partial charge on any atom is 0.0385 e. The van der Waals surface area contributed by atoms with Crippen molar-refractivity contribution in [3.05, 3.63) is 0 Å². The van der Waals surface area contributed by atoms with Crippen LogP contribution in [-0.4, -0.2) is 12.8 Å². The van der Waals surface area contributed by atoms with Gasteiger partial charge in [-0.15, -0.1) is 0 Å². The smallest absolute Gasteiger partial charge is 0.0385 e. The van der Waals surface area contributed by atoms with Crippen molar-refractivity contribution in [1.29, 1.82) is 0 Å². The molecule has 0 bridgehead atoms. The Labute approximate surface area is 96.4 Å². The molecule has 0 amide bonds. The number of unbranched alkanes of at least 4 members (excludes halogenated alkanes) is 6. The van der Waals surface area contributed by atoms with Gasteiger partial charge < -0.3 is 0 Å². The van der Waals surface area contributed by atoms with E-state index in [-0.39, 0.29) is 5.41 Å². The lowest BCUT2D eigenvalue weighted by molar-refractivity contribution is 0.585. The molecule has 0 atom stereocenters. The van der Waals surface area contributed by atoms with Crippen molar-refractivity contribution in [2.45, 2.75) is 72.6 Å². The highest BCUT2D eigenvalue weighted by atomic mass is 14.7. The van der Waals surface area contributed by atoms with E-state index in [0.717, 1.165) is 6.54 Å². The van der Waals surface area contributed by atoms with Gasteiger partial charge in [0.25, 0.3) is 0 Å². The summed E-state index contributed by atoms with van der Waals surface area (Å²) < 4.78 is 0. The Bertz CT molecular complexity index is 153. The standard InChI is InChI=1S/C14H29N/c1-5-6-7-8-9-10-11-12-15-13-14(2,3)4/h13H,5-12H2,1-4H3. The van der Waals surface area contributed by atoms with E-state index in [1.807, 2.05) is 0 Å². The van der Waals surface area contributed by atoms with Gasteiger partial charge in [0, 0.05) is 12.8 Å². The molecule has 90 valence electrons. The van der Waals surface area contributed by atoms with Gasteiger partial charge in [0.1, 0.15) is 0 Å². The molecule has 0 aromatic heterocycles. The molecular weight excluding hydrogens is 182 g/mol. The molecule has 15 heavy (non-hydrogen) atoms. The topological polar surface area (TPSA) is 12.4 Å². The zero-order chi connectivity index (χ0) is 11.6. The monoisotopic (exact) mass is 211 g/mol. The predicted molar refractivity (Wildman–Crippen MR) is 70.8 cm³/mol. The lowest BCUT2D eigenvalue weighted by Crippen LogP contribution is -2.06. The second-order valence-electron chi connectivity index (χ2n) is 5.52. The predicted octanol–water partition coefficient (Wildman–Crippen LogP) is 4.85. The average molecular weight is 211 g/mol. The number of rotatable bonds is 8. The van der Waals surface area contributed by atoms with Crippen molar-refractivity contribution in [2.24, 2.45) is 10.4 Å². The molecule has 1 nitrogen and oxygen atoms in total. The van der Waals surface area contributed by atoms with Crippen molar-refractivity contribution < 1.29 is 0 Å². The molecular formula is C14H29N. The lowest BCUT2D eigenvalue weighted by atomic mass is 9.99. The average Bonchev–Trinajstić information content (AvgIpc) is 2.14. The van der Waals surface area contributed by atoms with Crippen LogP contribution >= 0.6 is 0 Å². The first kappa shape index (κ1) is 14.7. The minimum absolute atomic E-state index is 0.251. The van der Waals surface area contributed by atoms with Gasteiger partial charge in [-0.05, 0) is 11.8 Å². The van der Waals surface area contributed by atoms with Crippen LogP contribution in [0.4, 0.5) is 0 Å². The molecule has 0 unspecified atom stereocenters. The molecule has 0 aromatic rings. The van der Waals surface area contributed by atoms with Gasteiger partial charge in [-0.25, -0.2) is 0 Å². The summed E-state index contributed by atoms with van der Waals surface area (Å²) in [6, 6.07) is 0. The molecule has 0 spiro atoms. The first-order valence-corrected chi connectivity index (χ1v) is 6.57. The van der Waals surface area contributed by atoms with Crippen LogP contribution in [0.5, 0.6) is 0 Å². The first-order valence-electron chi connectivity index (χ1n) is 6.57. The number of nitrogens with zero attached hydrogens (tertiary/aromatic N) is 1. The second-order valence-corrected chi connectivity index (χ2v) is 5.52.